The van der Waals surface area contributed by atoms with Gasteiger partial charge in [0.05, 0.1) is 6.61 Å². The van der Waals surface area contributed by atoms with Crippen molar-refractivity contribution < 1.29 is 56.8 Å². The van der Waals surface area contributed by atoms with Gasteiger partial charge in [-0.05, 0) is 83.5 Å². The van der Waals surface area contributed by atoms with Crippen LogP contribution in [0.5, 0.6) is 0 Å². The van der Waals surface area contributed by atoms with E-state index >= 15 is 0 Å². The molecule has 0 aromatic heterocycles. The summed E-state index contributed by atoms with van der Waals surface area (Å²) in [5.41, 5.74) is 0. The maximum absolute atomic E-state index is 12.8. The van der Waals surface area contributed by atoms with Crippen LogP contribution in [0.25, 0.3) is 0 Å². The van der Waals surface area contributed by atoms with Crippen LogP contribution in [-0.4, -0.2) is 96.0 Å². The standard InChI is InChI=1S/C47H78O12S/c1-3-5-7-9-11-13-15-17-19-20-22-23-25-27-29-31-33-35-42(48)56-37-40(38-57-47-46(52)45(51)44(50)41(59-47)39-60(53,54)55)58-43(49)36-34-32-30-28-26-24-21-18-16-14-12-10-8-6-4-2/h7,9,13,15,18-21,23,25-26,28,40-41,44-47,50-52H,3-6,8,10-12,14,16-17,22,24,27,29-39H2,1-2H3,(H,53,54,55)/b9-7+,15-13+,20-19+,21-18+,25-23+,28-26+/t40-,41-,44-,45?,46?,47+/m1/s1. The van der Waals surface area contributed by atoms with Gasteiger partial charge in [0.25, 0.3) is 10.1 Å². The van der Waals surface area contributed by atoms with E-state index in [1.54, 1.807) is 0 Å². The average molecular weight is 867 g/mol. The van der Waals surface area contributed by atoms with Crippen LogP contribution in [-0.2, 0) is 38.7 Å². The molecular weight excluding hydrogens is 789 g/mol. The van der Waals surface area contributed by atoms with E-state index in [0.29, 0.717) is 12.8 Å². The third kappa shape index (κ3) is 31.0. The molecule has 2 unspecified atom stereocenters. The number of unbranched alkanes of at least 4 members (excludes halogenated alkanes) is 12. The monoisotopic (exact) mass is 867 g/mol. The topological polar surface area (TPSA) is 186 Å². The molecule has 0 saturated carbocycles. The number of hydrogen-bond donors (Lipinski definition) is 4. The van der Waals surface area contributed by atoms with Gasteiger partial charge in [0, 0.05) is 12.8 Å². The van der Waals surface area contributed by atoms with E-state index in [4.69, 9.17) is 18.9 Å². The van der Waals surface area contributed by atoms with Gasteiger partial charge >= 0.3 is 11.9 Å². The number of ether oxygens (including phenoxy) is 4. The normalized spacial score (nSPS) is 20.8. The third-order valence-electron chi connectivity index (χ3n) is 9.74. The molecule has 60 heavy (non-hydrogen) atoms. The minimum atomic E-state index is -4.61. The van der Waals surface area contributed by atoms with Crippen molar-refractivity contribution in [2.45, 2.75) is 192 Å². The van der Waals surface area contributed by atoms with Gasteiger partial charge in [-0.1, -0.05) is 132 Å². The number of carbonyl (C=O) groups excluding carboxylic acids is 2. The molecule has 0 bridgehead atoms. The lowest BCUT2D eigenvalue weighted by atomic mass is 10.00. The zero-order valence-electron chi connectivity index (χ0n) is 36.5. The van der Waals surface area contributed by atoms with Crippen LogP contribution >= 0.6 is 0 Å². The second-order valence-electron chi connectivity index (χ2n) is 15.4. The Morgan fingerprint density at radius 2 is 1.03 bits per heavy atom. The zero-order valence-corrected chi connectivity index (χ0v) is 37.3. The molecule has 0 spiro atoms. The molecule has 4 N–H and O–H groups in total. The van der Waals surface area contributed by atoms with Crippen molar-refractivity contribution in [1.82, 2.24) is 0 Å². The number of aliphatic hydroxyl groups excluding tert-OH is 3. The maximum atomic E-state index is 12.8. The van der Waals surface area contributed by atoms with Crippen molar-refractivity contribution in [1.29, 1.82) is 0 Å². The molecule has 0 aromatic rings. The van der Waals surface area contributed by atoms with Crippen LogP contribution in [0.1, 0.15) is 155 Å². The molecule has 1 aliphatic heterocycles. The van der Waals surface area contributed by atoms with E-state index in [1.165, 1.54) is 44.9 Å². The fourth-order valence-electron chi connectivity index (χ4n) is 6.23. The fourth-order valence-corrected chi connectivity index (χ4v) is 6.92. The summed E-state index contributed by atoms with van der Waals surface area (Å²) < 4.78 is 54.0. The van der Waals surface area contributed by atoms with E-state index in [0.717, 1.165) is 70.6 Å². The molecule has 1 fully saturated rings. The van der Waals surface area contributed by atoms with Crippen molar-refractivity contribution in [3.63, 3.8) is 0 Å². The number of rotatable bonds is 36. The van der Waals surface area contributed by atoms with Gasteiger partial charge in [0.1, 0.15) is 36.8 Å². The molecule has 1 aliphatic rings. The van der Waals surface area contributed by atoms with Gasteiger partial charge < -0.3 is 34.3 Å². The zero-order chi connectivity index (χ0) is 44.1. The van der Waals surface area contributed by atoms with Crippen LogP contribution < -0.4 is 0 Å². The second kappa shape index (κ2) is 36.7. The van der Waals surface area contributed by atoms with E-state index in [9.17, 15) is 37.9 Å². The first kappa shape index (κ1) is 55.1. The summed E-state index contributed by atoms with van der Waals surface area (Å²) in [6, 6.07) is 0. The van der Waals surface area contributed by atoms with Crippen LogP contribution in [0.4, 0.5) is 0 Å². The number of esters is 2. The lowest BCUT2D eigenvalue weighted by molar-refractivity contribution is -0.297. The van der Waals surface area contributed by atoms with E-state index in [2.05, 4.69) is 86.8 Å². The first-order chi connectivity index (χ1) is 29.0. The van der Waals surface area contributed by atoms with Gasteiger partial charge in [-0.25, -0.2) is 0 Å². The van der Waals surface area contributed by atoms with Crippen LogP contribution in [0.3, 0.4) is 0 Å². The molecule has 12 nitrogen and oxygen atoms in total. The Kier molecular flexibility index (Phi) is 33.7. The Balaban J connectivity index is 2.51. The molecule has 344 valence electrons. The lowest BCUT2D eigenvalue weighted by Crippen LogP contribution is -2.60. The lowest BCUT2D eigenvalue weighted by Gasteiger charge is -2.40. The smallest absolute Gasteiger partial charge is 0.306 e. The maximum Gasteiger partial charge on any atom is 0.306 e. The molecule has 13 heteroatoms. The minimum absolute atomic E-state index is 0.111. The Labute approximate surface area is 361 Å². The quantitative estimate of drug-likeness (QED) is 0.0203. The van der Waals surface area contributed by atoms with Crippen molar-refractivity contribution in [3.8, 4) is 0 Å². The number of hydrogen-bond acceptors (Lipinski definition) is 11. The molecule has 0 aromatic carbocycles. The van der Waals surface area contributed by atoms with Crippen LogP contribution in [0.2, 0.25) is 0 Å². The summed E-state index contributed by atoms with van der Waals surface area (Å²) in [5.74, 6) is -2.08. The van der Waals surface area contributed by atoms with Gasteiger partial charge in [-0.2, -0.15) is 8.42 Å². The molecule has 1 heterocycles. The summed E-state index contributed by atoms with van der Waals surface area (Å²) in [6.07, 6.45) is 36.6. The first-order valence-corrected chi connectivity index (χ1v) is 24.1. The Morgan fingerprint density at radius 1 is 0.567 bits per heavy atom. The van der Waals surface area contributed by atoms with E-state index < -0.39 is 71.2 Å². The van der Waals surface area contributed by atoms with Crippen LogP contribution in [0, 0.1) is 0 Å². The molecule has 1 saturated heterocycles. The Bertz CT molecular complexity index is 1390. The van der Waals surface area contributed by atoms with Crippen molar-refractivity contribution in [3.05, 3.63) is 72.9 Å². The van der Waals surface area contributed by atoms with Gasteiger partial charge in [0.2, 0.25) is 0 Å². The predicted molar refractivity (Wildman–Crippen MR) is 238 cm³/mol. The van der Waals surface area contributed by atoms with Gasteiger partial charge in [-0.15, -0.1) is 0 Å². The number of carbonyl (C=O) groups is 2. The van der Waals surface area contributed by atoms with Crippen LogP contribution in [0.15, 0.2) is 72.9 Å². The molecular formula is C47H78O12S. The molecule has 6 atom stereocenters. The summed E-state index contributed by atoms with van der Waals surface area (Å²) in [6.45, 7) is 3.61. The largest absolute Gasteiger partial charge is 0.462 e. The highest BCUT2D eigenvalue weighted by molar-refractivity contribution is 7.85. The fraction of sp³-hybridized carbons (Fsp3) is 0.702. The third-order valence-corrected chi connectivity index (χ3v) is 10.5. The average Bonchev–Trinajstić information content (AvgIpc) is 3.21. The second-order valence-corrected chi connectivity index (χ2v) is 16.9. The highest BCUT2D eigenvalue weighted by atomic mass is 32.2. The first-order valence-electron chi connectivity index (χ1n) is 22.5. The molecule has 1 rings (SSSR count). The SMILES string of the molecule is CCC/C=C/C/C=C/C/C=C/C/C=C/CCCCCC(=O)OC[C@H](CO[C@H]1O[C@H](CS(=O)(=O)O)[C@@H](O)C(O)C1O)OC(=O)CCCC/C=C/C/C=C/CCCCCCCC. The van der Waals surface area contributed by atoms with Crippen molar-refractivity contribution in [2.24, 2.45) is 0 Å². The minimum Gasteiger partial charge on any atom is -0.462 e. The van der Waals surface area contributed by atoms with Gasteiger partial charge in [0.15, 0.2) is 12.4 Å². The summed E-state index contributed by atoms with van der Waals surface area (Å²) in [5, 5.41) is 30.9. The summed E-state index contributed by atoms with van der Waals surface area (Å²) in [7, 11) is -4.61. The van der Waals surface area contributed by atoms with E-state index in [1.807, 2.05) is 0 Å². The van der Waals surface area contributed by atoms with Crippen molar-refractivity contribution in [2.75, 3.05) is 19.0 Å². The Hall–Kier alpha value is -2.91. The predicted octanol–water partition coefficient (Wildman–Crippen LogP) is 9.11. The number of aliphatic hydroxyl groups is 3. The Morgan fingerprint density at radius 3 is 1.58 bits per heavy atom. The highest BCUT2D eigenvalue weighted by Crippen LogP contribution is 2.24. The molecule has 0 radical (unpaired) electrons. The van der Waals surface area contributed by atoms with Gasteiger partial charge in [-0.3, -0.25) is 14.1 Å². The van der Waals surface area contributed by atoms with E-state index in [-0.39, 0.29) is 19.4 Å². The molecule has 0 amide bonds. The number of allylic oxidation sites excluding steroid dienone is 12. The van der Waals surface area contributed by atoms with Crippen molar-refractivity contribution >= 4 is 22.1 Å². The summed E-state index contributed by atoms with van der Waals surface area (Å²) in [4.78, 5) is 25.4. The molecule has 0 aliphatic carbocycles. The highest BCUT2D eigenvalue weighted by Gasteiger charge is 2.46. The summed E-state index contributed by atoms with van der Waals surface area (Å²) >= 11 is 0.